The Kier molecular flexibility index (Phi) is 7.12. The van der Waals surface area contributed by atoms with Crippen LogP contribution in [0.1, 0.15) is 11.1 Å². The summed E-state index contributed by atoms with van der Waals surface area (Å²) in [5.41, 5.74) is 1.91. The molecule has 1 rings (SSSR count). The van der Waals surface area contributed by atoms with Crippen LogP contribution in [0.15, 0.2) is 36.2 Å². The summed E-state index contributed by atoms with van der Waals surface area (Å²) in [6.45, 7) is 6.45. The molecule has 0 atom stereocenters. The maximum atomic E-state index is 12.3. The third kappa shape index (κ3) is 5.92. The number of carbonyl (C=O) groups excluding carboxylic acids is 1. The van der Waals surface area contributed by atoms with Gasteiger partial charge in [0.1, 0.15) is 24.0 Å². The van der Waals surface area contributed by atoms with Gasteiger partial charge < -0.3 is 15.0 Å². The minimum absolute atomic E-state index is 0.0402. The zero-order valence-corrected chi connectivity index (χ0v) is 14.7. The van der Waals surface area contributed by atoms with E-state index in [1.807, 2.05) is 6.07 Å². The van der Waals surface area contributed by atoms with Crippen molar-refractivity contribution < 1.29 is 18.3 Å². The summed E-state index contributed by atoms with van der Waals surface area (Å²) in [5, 5.41) is 12.0. The smallest absolute Gasteiger partial charge is 0.272 e. The summed E-state index contributed by atoms with van der Waals surface area (Å²) in [6.07, 6.45) is -1.14. The van der Waals surface area contributed by atoms with Crippen LogP contribution in [-0.4, -0.2) is 37.8 Å². The van der Waals surface area contributed by atoms with Gasteiger partial charge in [0, 0.05) is 26.0 Å². The first kappa shape index (κ1) is 20.2. The van der Waals surface area contributed by atoms with Gasteiger partial charge in [-0.3, -0.25) is 4.79 Å². The van der Waals surface area contributed by atoms with Crippen LogP contribution in [0.2, 0.25) is 0 Å². The van der Waals surface area contributed by atoms with E-state index in [9.17, 15) is 13.6 Å². The second-order valence-electron chi connectivity index (χ2n) is 5.69. The first-order valence-corrected chi connectivity index (χ1v) is 7.46. The number of anilines is 1. The number of ketones is 1. The number of nitrogens with zero attached hydrogens (tertiary/aromatic N) is 2. The van der Waals surface area contributed by atoms with Crippen LogP contribution < -0.4 is 10.1 Å². The van der Waals surface area contributed by atoms with Crippen LogP contribution in [-0.2, 0) is 4.79 Å². The molecule has 0 bridgehead atoms. The highest BCUT2D eigenvalue weighted by atomic mass is 19.3. The Morgan fingerprint density at radius 3 is 2.56 bits per heavy atom. The molecule has 0 saturated heterocycles. The maximum absolute atomic E-state index is 12.3. The van der Waals surface area contributed by atoms with Crippen molar-refractivity contribution in [1.29, 1.82) is 5.26 Å². The van der Waals surface area contributed by atoms with E-state index in [-0.39, 0.29) is 11.3 Å². The van der Waals surface area contributed by atoms with Gasteiger partial charge in [-0.15, -0.1) is 0 Å². The topological polar surface area (TPSA) is 65.4 Å². The van der Waals surface area contributed by atoms with Gasteiger partial charge in [0.15, 0.2) is 0 Å². The van der Waals surface area contributed by atoms with E-state index in [1.54, 1.807) is 45.0 Å². The summed E-state index contributed by atoms with van der Waals surface area (Å²) < 4.78 is 29.6. The van der Waals surface area contributed by atoms with E-state index in [0.717, 1.165) is 0 Å². The number of nitriles is 1. The molecule has 0 aliphatic heterocycles. The van der Waals surface area contributed by atoms with Gasteiger partial charge in [0.25, 0.3) is 6.43 Å². The van der Waals surface area contributed by atoms with Crippen LogP contribution >= 0.6 is 0 Å². The second kappa shape index (κ2) is 8.83. The van der Waals surface area contributed by atoms with Crippen molar-refractivity contribution >= 4 is 11.5 Å². The molecule has 0 aromatic heterocycles. The zero-order valence-electron chi connectivity index (χ0n) is 14.7. The predicted octanol–water partition coefficient (Wildman–Crippen LogP) is 3.41. The minimum Gasteiger partial charge on any atom is -0.487 e. The third-order valence-corrected chi connectivity index (χ3v) is 3.20. The van der Waals surface area contributed by atoms with Gasteiger partial charge in [0.05, 0.1) is 5.70 Å². The van der Waals surface area contributed by atoms with Crippen molar-refractivity contribution in [3.8, 4) is 11.8 Å². The number of Topliss-reactive ketones (excluding diaryl/α,β-unsaturated/α-hetero) is 1. The zero-order chi connectivity index (χ0) is 19.1. The van der Waals surface area contributed by atoms with Crippen LogP contribution in [0, 0.1) is 25.2 Å². The minimum atomic E-state index is -2.55. The molecule has 0 unspecified atom stereocenters. The van der Waals surface area contributed by atoms with E-state index >= 15 is 0 Å². The standard InChI is InChI=1S/C18H21F2N3O2/c1-11-7-16(25-10-17(19)20)12(2)6-15(11)22-13(3)18(24)14(8-21)9-23(4)5/h6-7,9,17,22H,3,10H2,1-2,4-5H3/b14-9+. The molecule has 0 aliphatic carbocycles. The SMILES string of the molecule is C=C(Nc1cc(C)c(OCC(F)F)cc1C)C(=O)/C(C#N)=C/N(C)C. The Labute approximate surface area is 146 Å². The summed E-state index contributed by atoms with van der Waals surface area (Å²) in [5.74, 6) is -0.170. The van der Waals surface area contributed by atoms with Gasteiger partial charge in [-0.1, -0.05) is 6.58 Å². The Hall–Kier alpha value is -2.88. The highest BCUT2D eigenvalue weighted by Gasteiger charge is 2.16. The maximum Gasteiger partial charge on any atom is 0.272 e. The number of hydrogen-bond donors (Lipinski definition) is 1. The molecule has 1 N–H and O–H groups in total. The Morgan fingerprint density at radius 2 is 2.04 bits per heavy atom. The number of aryl methyl sites for hydroxylation is 2. The van der Waals surface area contributed by atoms with Gasteiger partial charge in [-0.05, 0) is 37.1 Å². The van der Waals surface area contributed by atoms with Gasteiger partial charge >= 0.3 is 0 Å². The highest BCUT2D eigenvalue weighted by Crippen LogP contribution is 2.27. The lowest BCUT2D eigenvalue weighted by molar-refractivity contribution is -0.111. The molecule has 0 heterocycles. The normalized spacial score (nSPS) is 11.0. The number of carbonyl (C=O) groups is 1. The fraction of sp³-hybridized carbons (Fsp3) is 0.333. The van der Waals surface area contributed by atoms with Gasteiger partial charge in [-0.25, -0.2) is 8.78 Å². The fourth-order valence-corrected chi connectivity index (χ4v) is 2.01. The Morgan fingerprint density at radius 1 is 1.40 bits per heavy atom. The summed E-state index contributed by atoms with van der Waals surface area (Å²) >= 11 is 0. The highest BCUT2D eigenvalue weighted by molar-refractivity contribution is 6.12. The van der Waals surface area contributed by atoms with E-state index in [1.165, 1.54) is 6.20 Å². The molecule has 25 heavy (non-hydrogen) atoms. The molecule has 0 fully saturated rings. The average Bonchev–Trinajstić information content (AvgIpc) is 2.53. The molecule has 5 nitrogen and oxygen atoms in total. The first-order valence-electron chi connectivity index (χ1n) is 7.46. The van der Waals surface area contributed by atoms with E-state index in [0.29, 0.717) is 22.6 Å². The Balaban J connectivity index is 2.96. The summed E-state index contributed by atoms with van der Waals surface area (Å²) in [7, 11) is 3.40. The Bertz CT molecular complexity index is 735. The molecule has 1 aromatic carbocycles. The van der Waals surface area contributed by atoms with E-state index in [4.69, 9.17) is 10.00 Å². The molecule has 0 radical (unpaired) electrons. The van der Waals surface area contributed by atoms with E-state index < -0.39 is 18.8 Å². The largest absolute Gasteiger partial charge is 0.487 e. The molecular weight excluding hydrogens is 328 g/mol. The number of benzene rings is 1. The first-order chi connectivity index (χ1) is 11.6. The summed E-state index contributed by atoms with van der Waals surface area (Å²) in [4.78, 5) is 13.9. The van der Waals surface area contributed by atoms with Gasteiger partial charge in [0.2, 0.25) is 5.78 Å². The molecule has 0 spiro atoms. The molecule has 0 saturated carbocycles. The van der Waals surface area contributed by atoms with Crippen molar-refractivity contribution in [2.75, 3.05) is 26.0 Å². The molecule has 0 aliphatic rings. The van der Waals surface area contributed by atoms with Crippen molar-refractivity contribution in [3.05, 3.63) is 47.3 Å². The molecule has 7 heteroatoms. The van der Waals surface area contributed by atoms with Crippen LogP contribution in [0.5, 0.6) is 5.75 Å². The second-order valence-corrected chi connectivity index (χ2v) is 5.69. The average molecular weight is 349 g/mol. The van der Waals surface area contributed by atoms with Crippen molar-refractivity contribution in [1.82, 2.24) is 4.90 Å². The number of ether oxygens (including phenoxy) is 1. The number of rotatable bonds is 8. The van der Waals surface area contributed by atoms with E-state index in [2.05, 4.69) is 11.9 Å². The summed E-state index contributed by atoms with van der Waals surface area (Å²) in [6, 6.07) is 5.13. The molecule has 1 aromatic rings. The van der Waals surface area contributed by atoms with Crippen molar-refractivity contribution in [2.45, 2.75) is 20.3 Å². The number of alkyl halides is 2. The lowest BCUT2D eigenvalue weighted by Gasteiger charge is -2.15. The van der Waals surface area contributed by atoms with Crippen LogP contribution in [0.4, 0.5) is 14.5 Å². The lowest BCUT2D eigenvalue weighted by Crippen LogP contribution is -2.15. The predicted molar refractivity (Wildman–Crippen MR) is 92.6 cm³/mol. The monoisotopic (exact) mass is 349 g/mol. The van der Waals surface area contributed by atoms with Crippen LogP contribution in [0.25, 0.3) is 0 Å². The molecule has 0 amide bonds. The lowest BCUT2D eigenvalue weighted by atomic mass is 10.1. The number of allylic oxidation sites excluding steroid dienone is 1. The van der Waals surface area contributed by atoms with Gasteiger partial charge in [-0.2, -0.15) is 5.26 Å². The number of halogens is 2. The van der Waals surface area contributed by atoms with Crippen molar-refractivity contribution in [3.63, 3.8) is 0 Å². The van der Waals surface area contributed by atoms with Crippen LogP contribution in [0.3, 0.4) is 0 Å². The number of nitrogens with one attached hydrogen (secondary N) is 1. The fourth-order valence-electron chi connectivity index (χ4n) is 2.01. The van der Waals surface area contributed by atoms with Crippen molar-refractivity contribution in [2.24, 2.45) is 0 Å². The third-order valence-electron chi connectivity index (χ3n) is 3.20. The molecule has 134 valence electrons. The molecular formula is C18H21F2N3O2. The number of hydrogen-bond acceptors (Lipinski definition) is 5. The quantitative estimate of drug-likeness (QED) is 0.575.